The van der Waals surface area contributed by atoms with E-state index >= 15 is 0 Å². The Balaban J connectivity index is 2.91. The van der Waals surface area contributed by atoms with E-state index in [1.807, 2.05) is 0 Å². The zero-order valence-corrected chi connectivity index (χ0v) is 9.92. The van der Waals surface area contributed by atoms with Crippen molar-refractivity contribution in [2.75, 3.05) is 20.3 Å². The molecule has 0 spiro atoms. The van der Waals surface area contributed by atoms with Gasteiger partial charge in [0.2, 0.25) is 0 Å². The first kappa shape index (κ1) is 12.9. The van der Waals surface area contributed by atoms with Gasteiger partial charge in [0, 0.05) is 18.7 Å². The summed E-state index contributed by atoms with van der Waals surface area (Å²) in [5.74, 6) is 0.373. The van der Waals surface area contributed by atoms with E-state index in [2.05, 4.69) is 0 Å². The van der Waals surface area contributed by atoms with Gasteiger partial charge >= 0.3 is 0 Å². The lowest BCUT2D eigenvalue weighted by molar-refractivity contribution is 0.145. The Hall–Kier alpha value is -1.13. The summed E-state index contributed by atoms with van der Waals surface area (Å²) in [4.78, 5) is 0. The average molecular weight is 227 g/mol. The number of hydrogen-bond donors (Lipinski definition) is 1. The highest BCUT2D eigenvalue weighted by Gasteiger charge is 2.11. The van der Waals surface area contributed by atoms with Crippen molar-refractivity contribution in [2.45, 2.75) is 19.9 Å². The summed E-state index contributed by atoms with van der Waals surface area (Å²) in [7, 11) is 1.60. The second-order valence-electron chi connectivity index (χ2n) is 3.77. The molecule has 0 aliphatic carbocycles. The quantitative estimate of drug-likeness (QED) is 0.784. The molecule has 3 nitrogen and oxygen atoms in total. The summed E-state index contributed by atoms with van der Waals surface area (Å²) in [6.07, 6.45) is 0. The van der Waals surface area contributed by atoms with Crippen LogP contribution in [0.25, 0.3) is 0 Å². The van der Waals surface area contributed by atoms with Crippen LogP contribution < -0.4 is 10.5 Å². The number of benzene rings is 1. The van der Waals surface area contributed by atoms with Crippen LogP contribution >= 0.6 is 0 Å². The van der Waals surface area contributed by atoms with Gasteiger partial charge in [-0.1, -0.05) is 0 Å². The van der Waals surface area contributed by atoms with Crippen LogP contribution in [-0.4, -0.2) is 20.3 Å². The molecule has 1 aromatic carbocycles. The van der Waals surface area contributed by atoms with Crippen LogP contribution in [0.15, 0.2) is 12.1 Å². The van der Waals surface area contributed by atoms with E-state index in [1.54, 1.807) is 27.0 Å². The maximum absolute atomic E-state index is 13.4. The summed E-state index contributed by atoms with van der Waals surface area (Å²) in [5, 5.41) is 0. The highest BCUT2D eigenvalue weighted by Crippen LogP contribution is 2.27. The van der Waals surface area contributed by atoms with Crippen LogP contribution in [0.4, 0.5) is 4.39 Å². The van der Waals surface area contributed by atoms with Crippen molar-refractivity contribution >= 4 is 0 Å². The van der Waals surface area contributed by atoms with Crippen LogP contribution in [0.1, 0.15) is 24.1 Å². The van der Waals surface area contributed by atoms with Gasteiger partial charge in [0.25, 0.3) is 0 Å². The highest BCUT2D eigenvalue weighted by atomic mass is 19.1. The molecule has 90 valence electrons. The zero-order valence-electron chi connectivity index (χ0n) is 9.92. The molecule has 0 unspecified atom stereocenters. The smallest absolute Gasteiger partial charge is 0.126 e. The molecule has 0 aliphatic rings. The minimum absolute atomic E-state index is 0.257. The Labute approximate surface area is 95.4 Å². The third-order valence-corrected chi connectivity index (χ3v) is 2.33. The molecule has 0 aliphatic heterocycles. The molecular formula is C12H18FNO2. The molecule has 0 aromatic heterocycles. The molecule has 2 N–H and O–H groups in total. The molecule has 0 radical (unpaired) electrons. The minimum atomic E-state index is -0.258. The lowest BCUT2D eigenvalue weighted by atomic mass is 10.1. The molecule has 16 heavy (non-hydrogen) atoms. The van der Waals surface area contributed by atoms with Gasteiger partial charge in [0.15, 0.2) is 0 Å². The van der Waals surface area contributed by atoms with Crippen LogP contribution in [-0.2, 0) is 4.74 Å². The van der Waals surface area contributed by atoms with Gasteiger partial charge in [0.05, 0.1) is 6.61 Å². The fourth-order valence-corrected chi connectivity index (χ4v) is 1.39. The highest BCUT2D eigenvalue weighted by molar-refractivity contribution is 5.39. The molecule has 0 saturated carbocycles. The van der Waals surface area contributed by atoms with E-state index in [4.69, 9.17) is 15.2 Å². The van der Waals surface area contributed by atoms with E-state index in [0.29, 0.717) is 30.1 Å². The van der Waals surface area contributed by atoms with Crippen molar-refractivity contribution in [3.63, 3.8) is 0 Å². The Kier molecular flexibility index (Phi) is 4.71. The molecule has 0 fully saturated rings. The first-order chi connectivity index (χ1) is 7.56. The van der Waals surface area contributed by atoms with Crippen molar-refractivity contribution in [1.82, 2.24) is 0 Å². The average Bonchev–Trinajstić information content (AvgIpc) is 2.23. The molecule has 1 aromatic rings. The third kappa shape index (κ3) is 3.18. The summed E-state index contributed by atoms with van der Waals surface area (Å²) in [6, 6.07) is 2.85. The third-order valence-electron chi connectivity index (χ3n) is 2.33. The number of hydrogen-bond acceptors (Lipinski definition) is 3. The van der Waals surface area contributed by atoms with E-state index in [0.717, 1.165) is 0 Å². The number of halogens is 1. The van der Waals surface area contributed by atoms with Gasteiger partial charge in [-0.05, 0) is 31.5 Å². The number of nitrogens with two attached hydrogens (primary N) is 1. The minimum Gasteiger partial charge on any atom is -0.491 e. The van der Waals surface area contributed by atoms with Crippen molar-refractivity contribution in [2.24, 2.45) is 5.73 Å². The molecule has 0 heterocycles. The lowest BCUT2D eigenvalue weighted by Gasteiger charge is -2.15. The van der Waals surface area contributed by atoms with Gasteiger partial charge in [-0.25, -0.2) is 4.39 Å². The zero-order chi connectivity index (χ0) is 12.1. The normalized spacial score (nSPS) is 12.6. The summed E-state index contributed by atoms with van der Waals surface area (Å²) >= 11 is 0. The topological polar surface area (TPSA) is 44.5 Å². The molecule has 1 rings (SSSR count). The van der Waals surface area contributed by atoms with Gasteiger partial charge in [-0.2, -0.15) is 0 Å². The van der Waals surface area contributed by atoms with Gasteiger partial charge in [0.1, 0.15) is 18.2 Å². The van der Waals surface area contributed by atoms with E-state index < -0.39 is 0 Å². The standard InChI is InChI=1S/C12H18FNO2/c1-8-6-12(16-5-4-15-3)10(9(2)14)7-11(8)13/h6-7,9H,4-5,14H2,1-3H3/t9-/m1/s1. The summed E-state index contributed by atoms with van der Waals surface area (Å²) in [5.41, 5.74) is 6.99. The fraction of sp³-hybridized carbons (Fsp3) is 0.500. The first-order valence-corrected chi connectivity index (χ1v) is 5.23. The maximum atomic E-state index is 13.4. The molecule has 1 atom stereocenters. The first-order valence-electron chi connectivity index (χ1n) is 5.23. The molecule has 0 amide bonds. The van der Waals surface area contributed by atoms with E-state index in [1.165, 1.54) is 6.07 Å². The summed E-state index contributed by atoms with van der Waals surface area (Å²) in [6.45, 7) is 4.42. The second kappa shape index (κ2) is 5.82. The predicted octanol–water partition coefficient (Wildman–Crippen LogP) is 2.18. The maximum Gasteiger partial charge on any atom is 0.126 e. The van der Waals surface area contributed by atoms with Crippen molar-refractivity contribution in [3.8, 4) is 5.75 Å². The largest absolute Gasteiger partial charge is 0.491 e. The number of ether oxygens (including phenoxy) is 2. The van der Waals surface area contributed by atoms with Gasteiger partial charge < -0.3 is 15.2 Å². The molecule has 4 heteroatoms. The fourth-order valence-electron chi connectivity index (χ4n) is 1.39. The SMILES string of the molecule is COCCOc1cc(C)c(F)cc1[C@@H](C)N. The Morgan fingerprint density at radius 1 is 1.38 bits per heavy atom. The number of methoxy groups -OCH3 is 1. The molecule has 0 bridgehead atoms. The Bertz CT molecular complexity index is 353. The Morgan fingerprint density at radius 2 is 2.06 bits per heavy atom. The van der Waals surface area contributed by atoms with Crippen LogP contribution in [0.5, 0.6) is 5.75 Å². The Morgan fingerprint density at radius 3 is 2.62 bits per heavy atom. The van der Waals surface area contributed by atoms with Crippen molar-refractivity contribution in [1.29, 1.82) is 0 Å². The molecule has 0 saturated heterocycles. The monoisotopic (exact) mass is 227 g/mol. The second-order valence-corrected chi connectivity index (χ2v) is 3.77. The van der Waals surface area contributed by atoms with Crippen molar-refractivity contribution in [3.05, 3.63) is 29.1 Å². The van der Waals surface area contributed by atoms with Gasteiger partial charge in [-0.15, -0.1) is 0 Å². The molecular weight excluding hydrogens is 209 g/mol. The summed E-state index contributed by atoms with van der Waals surface area (Å²) < 4.78 is 23.8. The number of aryl methyl sites for hydroxylation is 1. The van der Waals surface area contributed by atoms with Crippen LogP contribution in [0, 0.1) is 12.7 Å². The number of rotatable bonds is 5. The van der Waals surface area contributed by atoms with Crippen LogP contribution in [0.3, 0.4) is 0 Å². The van der Waals surface area contributed by atoms with Crippen LogP contribution in [0.2, 0.25) is 0 Å². The van der Waals surface area contributed by atoms with E-state index in [-0.39, 0.29) is 11.9 Å². The van der Waals surface area contributed by atoms with Crippen molar-refractivity contribution < 1.29 is 13.9 Å². The van der Waals surface area contributed by atoms with Gasteiger partial charge in [-0.3, -0.25) is 0 Å². The van der Waals surface area contributed by atoms with E-state index in [9.17, 15) is 4.39 Å². The lowest BCUT2D eigenvalue weighted by Crippen LogP contribution is -2.11. The predicted molar refractivity (Wildman–Crippen MR) is 61.1 cm³/mol.